The molecular formula is C8H18N2. The van der Waals surface area contributed by atoms with Crippen LogP contribution in [0.2, 0.25) is 0 Å². The molecule has 0 spiro atoms. The Morgan fingerprint density at radius 2 is 2.30 bits per heavy atom. The molecule has 1 heterocycles. The third kappa shape index (κ3) is 1.70. The molecule has 10 heavy (non-hydrogen) atoms. The highest BCUT2D eigenvalue weighted by Crippen LogP contribution is 2.17. The molecule has 2 N–H and O–H groups in total. The highest BCUT2D eigenvalue weighted by atomic mass is 15.2. The Balaban J connectivity index is 2.16. The zero-order valence-corrected chi connectivity index (χ0v) is 7.01. The van der Waals surface area contributed by atoms with Crippen molar-refractivity contribution in [1.82, 2.24) is 4.90 Å². The van der Waals surface area contributed by atoms with Gasteiger partial charge in [-0.1, -0.05) is 13.8 Å². The molecule has 1 rings (SSSR count). The maximum absolute atomic E-state index is 5.56. The Morgan fingerprint density at radius 1 is 1.60 bits per heavy atom. The highest BCUT2D eigenvalue weighted by molar-refractivity contribution is 4.83. The molecule has 2 heteroatoms. The quantitative estimate of drug-likeness (QED) is 0.627. The van der Waals surface area contributed by atoms with Gasteiger partial charge in [-0.2, -0.15) is 0 Å². The van der Waals surface area contributed by atoms with Crippen molar-refractivity contribution >= 4 is 0 Å². The van der Waals surface area contributed by atoms with Gasteiger partial charge >= 0.3 is 0 Å². The molecular weight excluding hydrogens is 124 g/mol. The summed E-state index contributed by atoms with van der Waals surface area (Å²) in [5.74, 6) is 0.786. The molecule has 60 valence electrons. The number of nitrogens with two attached hydrogens (primary N) is 1. The normalized spacial score (nSPS) is 27.0. The zero-order valence-electron chi connectivity index (χ0n) is 7.01. The minimum Gasteiger partial charge on any atom is -0.329 e. The van der Waals surface area contributed by atoms with Gasteiger partial charge in [-0.25, -0.2) is 0 Å². The second kappa shape index (κ2) is 3.35. The maximum Gasteiger partial charge on any atom is 0.0230 e. The molecule has 1 unspecified atom stereocenters. The van der Waals surface area contributed by atoms with E-state index in [2.05, 4.69) is 18.7 Å². The van der Waals surface area contributed by atoms with E-state index in [1.807, 2.05) is 0 Å². The first-order valence-electron chi connectivity index (χ1n) is 4.18. The fraction of sp³-hybridized carbons (Fsp3) is 1.00. The minimum absolute atomic E-state index is 0.697. The van der Waals surface area contributed by atoms with Crippen molar-refractivity contribution in [2.75, 3.05) is 19.6 Å². The number of hydrogen-bond donors (Lipinski definition) is 1. The monoisotopic (exact) mass is 142 g/mol. The molecule has 0 bridgehead atoms. The van der Waals surface area contributed by atoms with Crippen LogP contribution in [0.3, 0.4) is 0 Å². The van der Waals surface area contributed by atoms with Crippen molar-refractivity contribution in [1.29, 1.82) is 0 Å². The smallest absolute Gasteiger partial charge is 0.0230 e. The lowest BCUT2D eigenvalue weighted by atomic mass is 10.0. The lowest BCUT2D eigenvalue weighted by molar-refractivity contribution is 0.0828. The second-order valence-electron chi connectivity index (χ2n) is 3.57. The fourth-order valence-corrected chi connectivity index (χ4v) is 1.47. The zero-order chi connectivity index (χ0) is 7.56. The van der Waals surface area contributed by atoms with Crippen LogP contribution >= 0.6 is 0 Å². The van der Waals surface area contributed by atoms with Crippen LogP contribution in [-0.2, 0) is 0 Å². The Labute approximate surface area is 63.4 Å². The van der Waals surface area contributed by atoms with Crippen LogP contribution in [0.5, 0.6) is 0 Å². The summed E-state index contributed by atoms with van der Waals surface area (Å²) in [7, 11) is 0. The molecule has 0 radical (unpaired) electrons. The predicted octanol–water partition coefficient (Wildman–Crippen LogP) is 0.675. The molecule has 1 saturated heterocycles. The molecule has 0 aliphatic carbocycles. The summed E-state index contributed by atoms with van der Waals surface area (Å²) in [6.45, 7) is 7.84. The number of nitrogens with zero attached hydrogens (tertiary/aromatic N) is 1. The van der Waals surface area contributed by atoms with Gasteiger partial charge in [0.25, 0.3) is 0 Å². The molecule has 2 nitrogen and oxygen atoms in total. The van der Waals surface area contributed by atoms with Crippen molar-refractivity contribution in [3.05, 3.63) is 0 Å². The summed E-state index contributed by atoms with van der Waals surface area (Å²) in [4.78, 5) is 2.48. The van der Waals surface area contributed by atoms with E-state index in [1.54, 1.807) is 0 Å². The van der Waals surface area contributed by atoms with E-state index in [1.165, 1.54) is 19.5 Å². The topological polar surface area (TPSA) is 29.3 Å². The van der Waals surface area contributed by atoms with Crippen molar-refractivity contribution in [2.45, 2.75) is 26.3 Å². The lowest BCUT2D eigenvalue weighted by Crippen LogP contribution is -2.52. The third-order valence-corrected chi connectivity index (χ3v) is 2.14. The van der Waals surface area contributed by atoms with E-state index in [-0.39, 0.29) is 0 Å². The van der Waals surface area contributed by atoms with Gasteiger partial charge in [0.15, 0.2) is 0 Å². The van der Waals surface area contributed by atoms with Gasteiger partial charge in [-0.05, 0) is 12.3 Å². The average Bonchev–Trinajstić information content (AvgIpc) is 1.82. The largest absolute Gasteiger partial charge is 0.329 e. The minimum atomic E-state index is 0.697. The van der Waals surface area contributed by atoms with Gasteiger partial charge in [0, 0.05) is 25.7 Å². The molecule has 0 aromatic heterocycles. The number of rotatable bonds is 3. The van der Waals surface area contributed by atoms with E-state index in [4.69, 9.17) is 5.73 Å². The molecule has 1 fully saturated rings. The van der Waals surface area contributed by atoms with Crippen LogP contribution in [0.15, 0.2) is 0 Å². The van der Waals surface area contributed by atoms with E-state index < -0.39 is 0 Å². The third-order valence-electron chi connectivity index (χ3n) is 2.14. The summed E-state index contributed by atoms with van der Waals surface area (Å²) >= 11 is 0. The van der Waals surface area contributed by atoms with Gasteiger partial charge in [-0.15, -0.1) is 0 Å². The van der Waals surface area contributed by atoms with Crippen LogP contribution in [0, 0.1) is 5.92 Å². The van der Waals surface area contributed by atoms with Gasteiger partial charge in [0.2, 0.25) is 0 Å². The Morgan fingerprint density at radius 3 is 2.60 bits per heavy atom. The summed E-state index contributed by atoms with van der Waals surface area (Å²) in [5, 5.41) is 0. The first-order chi connectivity index (χ1) is 4.74. The summed E-state index contributed by atoms with van der Waals surface area (Å²) in [6.07, 6.45) is 1.31. The molecule has 1 aliphatic rings. The first kappa shape index (κ1) is 8.02. The molecule has 1 atom stereocenters. The van der Waals surface area contributed by atoms with Crippen molar-refractivity contribution < 1.29 is 0 Å². The van der Waals surface area contributed by atoms with E-state index in [0.717, 1.165) is 12.5 Å². The Hall–Kier alpha value is -0.0800. The lowest BCUT2D eigenvalue weighted by Gasteiger charge is -2.41. The standard InChI is InChI=1S/C8H18N2/c1-7(2)6-10-4-3-8(10)5-9/h7-8H,3-6,9H2,1-2H3. The Bertz CT molecular complexity index is 99.4. The van der Waals surface area contributed by atoms with E-state index in [0.29, 0.717) is 6.04 Å². The predicted molar refractivity (Wildman–Crippen MR) is 43.9 cm³/mol. The SMILES string of the molecule is CC(C)CN1CCC1CN. The van der Waals surface area contributed by atoms with Crippen LogP contribution in [0.1, 0.15) is 20.3 Å². The van der Waals surface area contributed by atoms with Crippen LogP contribution in [-0.4, -0.2) is 30.6 Å². The number of hydrogen-bond acceptors (Lipinski definition) is 2. The molecule has 0 saturated carbocycles. The first-order valence-corrected chi connectivity index (χ1v) is 4.18. The van der Waals surface area contributed by atoms with Crippen molar-refractivity contribution in [3.63, 3.8) is 0 Å². The van der Waals surface area contributed by atoms with Crippen molar-refractivity contribution in [2.24, 2.45) is 11.7 Å². The van der Waals surface area contributed by atoms with Gasteiger partial charge < -0.3 is 5.73 Å². The van der Waals surface area contributed by atoms with Gasteiger partial charge in [0.1, 0.15) is 0 Å². The molecule has 0 aromatic carbocycles. The van der Waals surface area contributed by atoms with Crippen LogP contribution in [0.4, 0.5) is 0 Å². The highest BCUT2D eigenvalue weighted by Gasteiger charge is 2.26. The van der Waals surface area contributed by atoms with Gasteiger partial charge in [-0.3, -0.25) is 4.90 Å². The van der Waals surface area contributed by atoms with E-state index in [9.17, 15) is 0 Å². The van der Waals surface area contributed by atoms with E-state index >= 15 is 0 Å². The summed E-state index contributed by atoms with van der Waals surface area (Å²) in [6, 6.07) is 0.697. The second-order valence-corrected chi connectivity index (χ2v) is 3.57. The van der Waals surface area contributed by atoms with Crippen molar-refractivity contribution in [3.8, 4) is 0 Å². The molecule has 1 aliphatic heterocycles. The molecule has 0 aromatic rings. The molecule has 0 amide bonds. The number of likely N-dealkylation sites (tertiary alicyclic amines) is 1. The Kier molecular flexibility index (Phi) is 2.69. The fourth-order valence-electron chi connectivity index (χ4n) is 1.47. The van der Waals surface area contributed by atoms with Crippen LogP contribution < -0.4 is 5.73 Å². The average molecular weight is 142 g/mol. The maximum atomic E-state index is 5.56. The van der Waals surface area contributed by atoms with Gasteiger partial charge in [0.05, 0.1) is 0 Å². The summed E-state index contributed by atoms with van der Waals surface area (Å²) < 4.78 is 0. The van der Waals surface area contributed by atoms with Crippen LogP contribution in [0.25, 0.3) is 0 Å². The summed E-state index contributed by atoms with van der Waals surface area (Å²) in [5.41, 5.74) is 5.56.